The number of hydrogen-bond donors (Lipinski definition) is 2. The van der Waals surface area contributed by atoms with Crippen molar-refractivity contribution in [3.8, 4) is 0 Å². The van der Waals surface area contributed by atoms with Crippen molar-refractivity contribution in [2.24, 2.45) is 0 Å². The minimum atomic E-state index is -0.974. The molecule has 212 valence electrons. The molecule has 2 aliphatic heterocycles. The summed E-state index contributed by atoms with van der Waals surface area (Å²) in [5, 5.41) is 13.0. The Balaban J connectivity index is 1.17. The Morgan fingerprint density at radius 1 is 1.12 bits per heavy atom. The van der Waals surface area contributed by atoms with Gasteiger partial charge in [-0.1, -0.05) is 23.7 Å². The van der Waals surface area contributed by atoms with Crippen LogP contribution in [0.4, 0.5) is 14.5 Å². The molecule has 0 aliphatic carbocycles. The van der Waals surface area contributed by atoms with Crippen LogP contribution in [0.25, 0.3) is 16.6 Å². The summed E-state index contributed by atoms with van der Waals surface area (Å²) < 4.78 is 36.8. The first-order chi connectivity index (χ1) is 19.8. The number of nitrogens with one attached hydrogen (secondary N) is 1. The summed E-state index contributed by atoms with van der Waals surface area (Å²) in [6, 6.07) is 14.4. The van der Waals surface area contributed by atoms with Crippen molar-refractivity contribution in [2.75, 3.05) is 25.0 Å². The molecule has 0 spiro atoms. The lowest BCUT2D eigenvalue weighted by atomic mass is 9.98. The molecule has 2 aliphatic rings. The highest BCUT2D eigenvalue weighted by atomic mass is 35.5. The lowest BCUT2D eigenvalue weighted by molar-refractivity contribution is -0.0591. The van der Waals surface area contributed by atoms with Gasteiger partial charge in [0.05, 0.1) is 35.8 Å². The first-order valence-corrected chi connectivity index (χ1v) is 13.9. The summed E-state index contributed by atoms with van der Waals surface area (Å²) >= 11 is 5.84. The molecular weight excluding hydrogens is 550 g/mol. The van der Waals surface area contributed by atoms with E-state index in [2.05, 4.69) is 14.8 Å². The number of aromatic carboxylic acids is 1. The molecule has 0 radical (unpaired) electrons. The van der Waals surface area contributed by atoms with E-state index >= 15 is 0 Å². The van der Waals surface area contributed by atoms with Crippen molar-refractivity contribution in [1.29, 1.82) is 0 Å². The van der Waals surface area contributed by atoms with Crippen molar-refractivity contribution in [1.82, 2.24) is 14.5 Å². The predicted molar refractivity (Wildman–Crippen MR) is 154 cm³/mol. The Bertz CT molecular complexity index is 1650. The SMILES string of the molecule is O=C(O)c1ccc2nc(CN3CC=C(c4cc(NCc5ccc(Cl)cc5F)ccc4F)CC3)n(C[C@@H]3CCO3)c2c1. The Labute approximate surface area is 241 Å². The molecule has 1 saturated heterocycles. The Kier molecular flexibility index (Phi) is 7.75. The van der Waals surface area contributed by atoms with Crippen LogP contribution in [0.3, 0.4) is 0 Å². The van der Waals surface area contributed by atoms with Gasteiger partial charge >= 0.3 is 5.97 Å². The van der Waals surface area contributed by atoms with Crippen molar-refractivity contribution in [3.05, 3.63) is 99.8 Å². The van der Waals surface area contributed by atoms with Gasteiger partial charge in [0.25, 0.3) is 0 Å². The van der Waals surface area contributed by atoms with Crippen LogP contribution < -0.4 is 5.32 Å². The summed E-state index contributed by atoms with van der Waals surface area (Å²) in [7, 11) is 0. The van der Waals surface area contributed by atoms with Gasteiger partial charge in [0, 0.05) is 48.1 Å². The molecule has 3 aromatic carbocycles. The maximum Gasteiger partial charge on any atom is 0.335 e. The number of benzene rings is 3. The standard InChI is InChI=1S/C31H29ClF2N4O3/c32-22-3-1-21(27(34)14-22)16-35-23-4-5-26(33)25(15-23)19-7-10-37(11-8-19)18-30-36-28-6-2-20(31(39)40)13-29(28)38(30)17-24-9-12-41-24/h1-7,13-15,24,35H,8-12,16-18H2,(H,39,40)/t24-/m0/s1. The van der Waals surface area contributed by atoms with Gasteiger partial charge in [0.2, 0.25) is 0 Å². The predicted octanol–water partition coefficient (Wildman–Crippen LogP) is 6.36. The van der Waals surface area contributed by atoms with E-state index in [0.29, 0.717) is 54.4 Å². The molecular formula is C31H29ClF2N4O3. The molecule has 0 amide bonds. The lowest BCUT2D eigenvalue weighted by Gasteiger charge is -2.29. The Morgan fingerprint density at radius 3 is 2.68 bits per heavy atom. The Morgan fingerprint density at radius 2 is 1.98 bits per heavy atom. The fourth-order valence-electron chi connectivity index (χ4n) is 5.31. The quantitative estimate of drug-likeness (QED) is 0.241. The molecule has 2 N–H and O–H groups in total. The number of halogens is 3. The van der Waals surface area contributed by atoms with Gasteiger partial charge in [-0.2, -0.15) is 0 Å². The van der Waals surface area contributed by atoms with Crippen LogP contribution in [0, 0.1) is 11.6 Å². The van der Waals surface area contributed by atoms with Crippen LogP contribution in [0.2, 0.25) is 5.02 Å². The fraction of sp³-hybridized carbons (Fsp3) is 0.290. The fourth-order valence-corrected chi connectivity index (χ4v) is 5.46. The number of nitrogens with zero attached hydrogens (tertiary/aromatic N) is 3. The van der Waals surface area contributed by atoms with Crippen LogP contribution in [0.5, 0.6) is 0 Å². The van der Waals surface area contributed by atoms with Gasteiger partial charge in [-0.3, -0.25) is 4.90 Å². The first kappa shape index (κ1) is 27.4. The molecule has 7 nitrogen and oxygen atoms in total. The maximum atomic E-state index is 14.9. The Hall–Kier alpha value is -3.79. The number of carbonyl (C=O) groups is 1. The number of hydrogen-bond acceptors (Lipinski definition) is 5. The molecule has 0 unspecified atom stereocenters. The van der Waals surface area contributed by atoms with Gasteiger partial charge in [0.1, 0.15) is 17.5 Å². The van der Waals surface area contributed by atoms with Crippen molar-refractivity contribution < 1.29 is 23.4 Å². The van der Waals surface area contributed by atoms with E-state index in [9.17, 15) is 18.7 Å². The van der Waals surface area contributed by atoms with Crippen LogP contribution in [-0.2, 0) is 24.4 Å². The third-order valence-corrected chi connectivity index (χ3v) is 7.96. The van der Waals surface area contributed by atoms with Crippen LogP contribution >= 0.6 is 11.6 Å². The van der Waals surface area contributed by atoms with Gasteiger partial charge < -0.3 is 19.7 Å². The average molecular weight is 579 g/mol. The van der Waals surface area contributed by atoms with E-state index in [-0.39, 0.29) is 24.0 Å². The number of fused-ring (bicyclic) bond motifs is 1. The van der Waals surface area contributed by atoms with E-state index in [1.54, 1.807) is 42.5 Å². The minimum absolute atomic E-state index is 0.0903. The van der Waals surface area contributed by atoms with Crippen molar-refractivity contribution in [2.45, 2.75) is 38.6 Å². The average Bonchev–Trinajstić information content (AvgIpc) is 3.27. The molecule has 3 heterocycles. The zero-order chi connectivity index (χ0) is 28.5. The van der Waals surface area contributed by atoms with Gasteiger partial charge in [-0.25, -0.2) is 18.6 Å². The normalized spacial score (nSPS) is 17.3. The molecule has 6 rings (SSSR count). The number of imidazole rings is 1. The van der Waals surface area contributed by atoms with E-state index in [4.69, 9.17) is 21.3 Å². The van der Waals surface area contributed by atoms with Gasteiger partial charge in [-0.05, 0) is 66.9 Å². The summed E-state index contributed by atoms with van der Waals surface area (Å²) in [6.07, 6.45) is 3.74. The zero-order valence-electron chi connectivity index (χ0n) is 22.2. The van der Waals surface area contributed by atoms with E-state index in [0.717, 1.165) is 35.5 Å². The van der Waals surface area contributed by atoms with Crippen LogP contribution in [0.15, 0.2) is 60.7 Å². The maximum absolute atomic E-state index is 14.9. The first-order valence-electron chi connectivity index (χ1n) is 13.6. The number of carboxylic acid groups (broad SMARTS) is 1. The molecule has 4 aromatic rings. The monoisotopic (exact) mass is 578 g/mol. The third kappa shape index (κ3) is 5.98. The smallest absolute Gasteiger partial charge is 0.335 e. The van der Waals surface area contributed by atoms with Gasteiger partial charge in [0.15, 0.2) is 0 Å². The van der Waals surface area contributed by atoms with Crippen molar-refractivity contribution >= 4 is 39.9 Å². The number of ether oxygens (including phenoxy) is 1. The van der Waals surface area contributed by atoms with E-state index in [1.165, 1.54) is 12.1 Å². The molecule has 0 saturated carbocycles. The number of rotatable bonds is 9. The highest BCUT2D eigenvalue weighted by molar-refractivity contribution is 6.30. The molecule has 1 aromatic heterocycles. The topological polar surface area (TPSA) is 79.6 Å². The summed E-state index contributed by atoms with van der Waals surface area (Å²) in [5.41, 5.74) is 4.39. The zero-order valence-corrected chi connectivity index (χ0v) is 23.0. The summed E-state index contributed by atoms with van der Waals surface area (Å²) in [4.78, 5) is 18.6. The van der Waals surface area contributed by atoms with E-state index < -0.39 is 11.8 Å². The van der Waals surface area contributed by atoms with Gasteiger partial charge in [-0.15, -0.1) is 0 Å². The largest absolute Gasteiger partial charge is 0.478 e. The number of anilines is 1. The lowest BCUT2D eigenvalue weighted by Crippen LogP contribution is -2.33. The van der Waals surface area contributed by atoms with Crippen LogP contribution in [-0.4, -0.2) is 51.3 Å². The van der Waals surface area contributed by atoms with Crippen molar-refractivity contribution in [3.63, 3.8) is 0 Å². The molecule has 0 bridgehead atoms. The third-order valence-electron chi connectivity index (χ3n) is 7.72. The second-order valence-corrected chi connectivity index (χ2v) is 10.9. The highest BCUT2D eigenvalue weighted by Crippen LogP contribution is 2.29. The second kappa shape index (κ2) is 11.6. The number of aromatic nitrogens is 2. The molecule has 1 atom stereocenters. The van der Waals surface area contributed by atoms with Crippen LogP contribution in [0.1, 0.15) is 40.2 Å². The van der Waals surface area contributed by atoms with E-state index in [1.807, 2.05) is 6.08 Å². The summed E-state index contributed by atoms with van der Waals surface area (Å²) in [5.74, 6) is -0.817. The molecule has 10 heteroatoms. The molecule has 1 fully saturated rings. The molecule has 41 heavy (non-hydrogen) atoms. The number of carboxylic acids is 1. The highest BCUT2D eigenvalue weighted by Gasteiger charge is 2.24. The second-order valence-electron chi connectivity index (χ2n) is 10.4. The minimum Gasteiger partial charge on any atom is -0.478 e. The summed E-state index contributed by atoms with van der Waals surface area (Å²) in [6.45, 7) is 3.51.